The molecule has 1 atom stereocenters. The first-order valence-corrected chi connectivity index (χ1v) is 8.39. The predicted octanol–water partition coefficient (Wildman–Crippen LogP) is 2.24. The van der Waals surface area contributed by atoms with Crippen molar-refractivity contribution < 1.29 is 14.3 Å². The standard InChI is InChI=1S/C19H23N3O3/c1-13-10-17(21-14(2)20-13)18-12-22(8-9-25-18)19(23)11-15-4-6-16(24-3)7-5-15/h4-7,10,18H,8-9,11-12H2,1-3H3. The molecule has 6 heteroatoms. The van der Waals surface area contributed by atoms with Gasteiger partial charge in [0.15, 0.2) is 0 Å². The summed E-state index contributed by atoms with van der Waals surface area (Å²) < 4.78 is 11.0. The minimum absolute atomic E-state index is 0.0981. The van der Waals surface area contributed by atoms with E-state index in [1.165, 1.54) is 0 Å². The molecule has 3 rings (SSSR count). The van der Waals surface area contributed by atoms with E-state index < -0.39 is 0 Å². The van der Waals surface area contributed by atoms with Gasteiger partial charge in [-0.2, -0.15) is 0 Å². The van der Waals surface area contributed by atoms with E-state index in [0.29, 0.717) is 26.1 Å². The van der Waals surface area contributed by atoms with Crippen molar-refractivity contribution in [1.82, 2.24) is 14.9 Å². The third-order valence-electron chi connectivity index (χ3n) is 4.25. The van der Waals surface area contributed by atoms with Gasteiger partial charge in [-0.15, -0.1) is 0 Å². The molecule has 1 aliphatic rings. The van der Waals surface area contributed by atoms with E-state index in [2.05, 4.69) is 9.97 Å². The number of morpholine rings is 1. The van der Waals surface area contributed by atoms with Crippen LogP contribution in [0.3, 0.4) is 0 Å². The first kappa shape index (κ1) is 17.4. The van der Waals surface area contributed by atoms with E-state index in [4.69, 9.17) is 9.47 Å². The van der Waals surface area contributed by atoms with Crippen LogP contribution in [0, 0.1) is 13.8 Å². The molecule has 1 aliphatic heterocycles. The van der Waals surface area contributed by atoms with Crippen LogP contribution in [0.2, 0.25) is 0 Å². The maximum atomic E-state index is 12.6. The smallest absolute Gasteiger partial charge is 0.227 e. The van der Waals surface area contributed by atoms with Gasteiger partial charge in [0.1, 0.15) is 17.7 Å². The van der Waals surface area contributed by atoms with Crippen molar-refractivity contribution in [3.05, 3.63) is 53.1 Å². The maximum Gasteiger partial charge on any atom is 0.227 e. The number of ether oxygens (including phenoxy) is 2. The van der Waals surface area contributed by atoms with E-state index >= 15 is 0 Å². The predicted molar refractivity (Wildman–Crippen MR) is 93.5 cm³/mol. The molecule has 25 heavy (non-hydrogen) atoms. The molecule has 1 unspecified atom stereocenters. The molecule has 0 bridgehead atoms. The minimum Gasteiger partial charge on any atom is -0.497 e. The van der Waals surface area contributed by atoms with Gasteiger partial charge in [0.05, 0.1) is 32.4 Å². The van der Waals surface area contributed by atoms with Gasteiger partial charge in [-0.25, -0.2) is 9.97 Å². The summed E-state index contributed by atoms with van der Waals surface area (Å²) in [5.74, 6) is 1.61. The summed E-state index contributed by atoms with van der Waals surface area (Å²) >= 11 is 0. The summed E-state index contributed by atoms with van der Waals surface area (Å²) in [4.78, 5) is 23.3. The highest BCUT2D eigenvalue weighted by Crippen LogP contribution is 2.22. The average molecular weight is 341 g/mol. The van der Waals surface area contributed by atoms with Crippen molar-refractivity contribution in [3.63, 3.8) is 0 Å². The Bertz CT molecular complexity index is 726. The number of methoxy groups -OCH3 is 1. The van der Waals surface area contributed by atoms with Crippen molar-refractivity contribution in [2.75, 3.05) is 26.8 Å². The van der Waals surface area contributed by atoms with Crippen molar-refractivity contribution >= 4 is 5.91 Å². The molecule has 2 heterocycles. The fourth-order valence-electron chi connectivity index (χ4n) is 3.00. The number of carbonyl (C=O) groups excluding carboxylic acids is 1. The highest BCUT2D eigenvalue weighted by atomic mass is 16.5. The Kier molecular flexibility index (Phi) is 5.28. The SMILES string of the molecule is COc1ccc(CC(=O)N2CCOC(c3cc(C)nc(C)n3)C2)cc1. The van der Waals surface area contributed by atoms with Crippen LogP contribution in [0.4, 0.5) is 0 Å². The second kappa shape index (κ2) is 7.61. The molecule has 1 aromatic carbocycles. The molecular weight excluding hydrogens is 318 g/mol. The first-order valence-electron chi connectivity index (χ1n) is 8.39. The van der Waals surface area contributed by atoms with Crippen LogP contribution in [0.1, 0.15) is 28.9 Å². The van der Waals surface area contributed by atoms with E-state index in [0.717, 1.165) is 28.5 Å². The molecular formula is C19H23N3O3. The van der Waals surface area contributed by atoms with Crippen LogP contribution >= 0.6 is 0 Å². The number of hydrogen-bond donors (Lipinski definition) is 0. The van der Waals surface area contributed by atoms with Crippen LogP contribution in [0.15, 0.2) is 30.3 Å². The van der Waals surface area contributed by atoms with Crippen molar-refractivity contribution in [3.8, 4) is 5.75 Å². The second-order valence-corrected chi connectivity index (χ2v) is 6.21. The summed E-state index contributed by atoms with van der Waals surface area (Å²) in [6, 6.07) is 9.51. The van der Waals surface area contributed by atoms with E-state index in [1.807, 2.05) is 49.1 Å². The van der Waals surface area contributed by atoms with Crippen LogP contribution in [-0.2, 0) is 16.0 Å². The Labute approximate surface area is 147 Å². The van der Waals surface area contributed by atoms with E-state index in [9.17, 15) is 4.79 Å². The van der Waals surface area contributed by atoms with Crippen LogP contribution in [-0.4, -0.2) is 47.6 Å². The topological polar surface area (TPSA) is 64.5 Å². The number of nitrogens with zero attached hydrogens (tertiary/aromatic N) is 3. The van der Waals surface area contributed by atoms with Gasteiger partial charge in [0.2, 0.25) is 5.91 Å². The molecule has 1 saturated heterocycles. The first-order chi connectivity index (χ1) is 12.0. The number of hydrogen-bond acceptors (Lipinski definition) is 5. The molecule has 0 saturated carbocycles. The third kappa shape index (κ3) is 4.33. The van der Waals surface area contributed by atoms with Gasteiger partial charge in [0.25, 0.3) is 0 Å². The summed E-state index contributed by atoms with van der Waals surface area (Å²) in [6.07, 6.45) is 0.174. The van der Waals surface area contributed by atoms with Crippen LogP contribution < -0.4 is 4.74 Å². The van der Waals surface area contributed by atoms with Crippen molar-refractivity contribution in [1.29, 1.82) is 0 Å². The number of amides is 1. The lowest BCUT2D eigenvalue weighted by Gasteiger charge is -2.33. The highest BCUT2D eigenvalue weighted by molar-refractivity contribution is 5.79. The molecule has 132 valence electrons. The Morgan fingerprint density at radius 1 is 1.28 bits per heavy atom. The summed E-state index contributed by atoms with van der Waals surface area (Å²) in [5, 5.41) is 0. The zero-order valence-electron chi connectivity index (χ0n) is 14.9. The molecule has 0 N–H and O–H groups in total. The van der Waals surface area contributed by atoms with Gasteiger partial charge in [0, 0.05) is 12.2 Å². The molecule has 2 aromatic rings. The third-order valence-corrected chi connectivity index (χ3v) is 4.25. The van der Waals surface area contributed by atoms with E-state index in [1.54, 1.807) is 7.11 Å². The minimum atomic E-state index is -0.200. The Hall–Kier alpha value is -2.47. The molecule has 0 aliphatic carbocycles. The summed E-state index contributed by atoms with van der Waals surface area (Å²) in [6.45, 7) is 5.44. The van der Waals surface area contributed by atoms with Crippen molar-refractivity contribution in [2.24, 2.45) is 0 Å². The fraction of sp³-hybridized carbons (Fsp3) is 0.421. The van der Waals surface area contributed by atoms with E-state index in [-0.39, 0.29) is 12.0 Å². The summed E-state index contributed by atoms with van der Waals surface area (Å²) in [5.41, 5.74) is 2.72. The lowest BCUT2D eigenvalue weighted by Crippen LogP contribution is -2.43. The lowest BCUT2D eigenvalue weighted by atomic mass is 10.1. The Morgan fingerprint density at radius 2 is 2.04 bits per heavy atom. The normalized spacial score (nSPS) is 17.4. The zero-order valence-corrected chi connectivity index (χ0v) is 14.9. The van der Waals surface area contributed by atoms with Crippen molar-refractivity contribution in [2.45, 2.75) is 26.4 Å². The van der Waals surface area contributed by atoms with Crippen LogP contribution in [0.25, 0.3) is 0 Å². The number of aromatic nitrogens is 2. The monoisotopic (exact) mass is 341 g/mol. The van der Waals surface area contributed by atoms with Crippen LogP contribution in [0.5, 0.6) is 5.75 Å². The summed E-state index contributed by atoms with van der Waals surface area (Å²) in [7, 11) is 1.63. The maximum absolute atomic E-state index is 12.6. The zero-order chi connectivity index (χ0) is 17.8. The number of aryl methyl sites for hydroxylation is 2. The number of benzene rings is 1. The molecule has 0 radical (unpaired) electrons. The second-order valence-electron chi connectivity index (χ2n) is 6.21. The Balaban J connectivity index is 1.66. The molecule has 1 aromatic heterocycles. The van der Waals surface area contributed by atoms with Gasteiger partial charge < -0.3 is 14.4 Å². The average Bonchev–Trinajstić information content (AvgIpc) is 2.61. The lowest BCUT2D eigenvalue weighted by molar-refractivity contribution is -0.138. The Morgan fingerprint density at radius 3 is 2.72 bits per heavy atom. The number of rotatable bonds is 4. The molecule has 6 nitrogen and oxygen atoms in total. The van der Waals surface area contributed by atoms with Gasteiger partial charge >= 0.3 is 0 Å². The van der Waals surface area contributed by atoms with Gasteiger partial charge in [-0.1, -0.05) is 12.1 Å². The molecule has 1 amide bonds. The van der Waals surface area contributed by atoms with Gasteiger partial charge in [-0.3, -0.25) is 4.79 Å². The quantitative estimate of drug-likeness (QED) is 0.853. The van der Waals surface area contributed by atoms with Gasteiger partial charge in [-0.05, 0) is 37.6 Å². The largest absolute Gasteiger partial charge is 0.497 e. The fourth-order valence-corrected chi connectivity index (χ4v) is 3.00. The molecule has 1 fully saturated rings. The number of carbonyl (C=O) groups is 1. The molecule has 0 spiro atoms. The highest BCUT2D eigenvalue weighted by Gasteiger charge is 2.26.